The second kappa shape index (κ2) is 7.14. The van der Waals surface area contributed by atoms with Gasteiger partial charge in [0, 0.05) is 6.21 Å². The van der Waals surface area contributed by atoms with Crippen LogP contribution in [0.1, 0.15) is 5.56 Å². The zero-order chi connectivity index (χ0) is 16.9. The molecule has 0 spiro atoms. The minimum atomic E-state index is -0.986. The minimum Gasteiger partial charge on any atom is -0.301 e. The predicted octanol–water partition coefficient (Wildman–Crippen LogP) is 2.32. The van der Waals surface area contributed by atoms with Crippen molar-refractivity contribution in [3.05, 3.63) is 66.2 Å². The zero-order valence-corrected chi connectivity index (χ0v) is 13.6. The molecule has 1 aliphatic heterocycles. The van der Waals surface area contributed by atoms with E-state index < -0.39 is 17.7 Å². The van der Waals surface area contributed by atoms with Crippen LogP contribution in [0.3, 0.4) is 0 Å². The molecular weight excluding hydrogens is 322 g/mol. The fraction of sp³-hybridized carbons (Fsp3) is 0.111. The highest BCUT2D eigenvalue weighted by Gasteiger charge is 2.38. The Bertz CT molecular complexity index is 790. The van der Waals surface area contributed by atoms with Crippen LogP contribution in [0.25, 0.3) is 0 Å². The fourth-order valence-corrected chi connectivity index (χ4v) is 2.69. The number of amides is 2. The van der Waals surface area contributed by atoms with Crippen LogP contribution in [0.2, 0.25) is 0 Å². The van der Waals surface area contributed by atoms with Crippen LogP contribution in [0.4, 0.5) is 5.69 Å². The Balaban J connectivity index is 1.78. The van der Waals surface area contributed by atoms with E-state index in [1.54, 1.807) is 24.3 Å². The van der Waals surface area contributed by atoms with E-state index in [0.29, 0.717) is 12.2 Å². The van der Waals surface area contributed by atoms with Crippen molar-refractivity contribution in [2.45, 2.75) is 6.54 Å². The first kappa shape index (κ1) is 16.0. The summed E-state index contributed by atoms with van der Waals surface area (Å²) in [7, 11) is 0. The molecule has 0 aromatic heterocycles. The van der Waals surface area contributed by atoms with E-state index in [0.717, 1.165) is 5.56 Å². The van der Waals surface area contributed by atoms with Crippen LogP contribution in [-0.2, 0) is 16.1 Å². The van der Waals surface area contributed by atoms with Gasteiger partial charge in [-0.1, -0.05) is 48.5 Å². The number of benzene rings is 2. The SMILES string of the molecule is O=C1NC(=S)N(c2ccccc2)C(=O)[C@H]1C=NCc1ccccc1. The van der Waals surface area contributed by atoms with Crippen molar-refractivity contribution in [1.29, 1.82) is 0 Å². The average molecular weight is 337 g/mol. The molecule has 0 aliphatic carbocycles. The summed E-state index contributed by atoms with van der Waals surface area (Å²) < 4.78 is 0. The normalized spacial score (nSPS) is 18.1. The van der Waals surface area contributed by atoms with Crippen LogP contribution >= 0.6 is 12.2 Å². The van der Waals surface area contributed by atoms with Crippen LogP contribution in [0.15, 0.2) is 65.7 Å². The molecular formula is C18H15N3O2S. The average Bonchev–Trinajstić information content (AvgIpc) is 2.59. The van der Waals surface area contributed by atoms with Crippen LogP contribution in [0.5, 0.6) is 0 Å². The highest BCUT2D eigenvalue weighted by atomic mass is 32.1. The number of hydrogen-bond donors (Lipinski definition) is 1. The maximum atomic E-state index is 12.7. The number of hydrogen-bond acceptors (Lipinski definition) is 4. The molecule has 24 heavy (non-hydrogen) atoms. The number of thiocarbonyl (C=S) groups is 1. The van der Waals surface area contributed by atoms with E-state index in [1.807, 2.05) is 36.4 Å². The van der Waals surface area contributed by atoms with Crippen molar-refractivity contribution in [2.24, 2.45) is 10.9 Å². The molecule has 0 unspecified atom stereocenters. The Morgan fingerprint density at radius 1 is 1.04 bits per heavy atom. The van der Waals surface area contributed by atoms with Gasteiger partial charge in [-0.05, 0) is 29.9 Å². The smallest absolute Gasteiger partial charge is 0.251 e. The standard InChI is InChI=1S/C18H15N3O2S/c22-16-15(12-19-11-13-7-3-1-4-8-13)17(23)21(18(24)20-16)14-9-5-2-6-10-14/h1-10,12,15H,11H2,(H,20,22,24)/t15-/m0/s1. The lowest BCUT2D eigenvalue weighted by Crippen LogP contribution is -2.58. The molecule has 2 aromatic rings. The lowest BCUT2D eigenvalue weighted by molar-refractivity contribution is -0.130. The molecule has 120 valence electrons. The van der Waals surface area contributed by atoms with Gasteiger partial charge in [-0.15, -0.1) is 0 Å². The maximum absolute atomic E-state index is 12.7. The van der Waals surface area contributed by atoms with Crippen molar-refractivity contribution >= 4 is 41.0 Å². The van der Waals surface area contributed by atoms with Gasteiger partial charge in [0.2, 0.25) is 5.91 Å². The van der Waals surface area contributed by atoms with Crippen LogP contribution in [0, 0.1) is 5.92 Å². The molecule has 0 bridgehead atoms. The summed E-state index contributed by atoms with van der Waals surface area (Å²) in [6, 6.07) is 18.6. The number of anilines is 1. The monoisotopic (exact) mass is 337 g/mol. The third-order valence-corrected chi connectivity index (χ3v) is 3.87. The molecule has 2 aromatic carbocycles. The maximum Gasteiger partial charge on any atom is 0.251 e. The summed E-state index contributed by atoms with van der Waals surface area (Å²) in [5.74, 6) is -1.83. The third kappa shape index (κ3) is 3.38. The predicted molar refractivity (Wildman–Crippen MR) is 96.8 cm³/mol. The van der Waals surface area contributed by atoms with Gasteiger partial charge >= 0.3 is 0 Å². The second-order valence-electron chi connectivity index (χ2n) is 5.26. The Morgan fingerprint density at radius 2 is 1.67 bits per heavy atom. The topological polar surface area (TPSA) is 61.8 Å². The largest absolute Gasteiger partial charge is 0.301 e. The summed E-state index contributed by atoms with van der Waals surface area (Å²) in [6.45, 7) is 0.410. The van der Waals surface area contributed by atoms with Gasteiger partial charge in [0.15, 0.2) is 11.0 Å². The molecule has 6 heteroatoms. The zero-order valence-electron chi connectivity index (χ0n) is 12.8. The number of aliphatic imine (C=N–C) groups is 1. The number of carbonyl (C=O) groups is 2. The van der Waals surface area contributed by atoms with E-state index in [2.05, 4.69) is 10.3 Å². The summed E-state index contributed by atoms with van der Waals surface area (Å²) >= 11 is 5.13. The van der Waals surface area contributed by atoms with Crippen molar-refractivity contribution < 1.29 is 9.59 Å². The summed E-state index contributed by atoms with van der Waals surface area (Å²) in [6.07, 6.45) is 1.39. The lowest BCUT2D eigenvalue weighted by atomic mass is 10.1. The fourth-order valence-electron chi connectivity index (χ4n) is 2.39. The molecule has 1 aliphatic rings. The van der Waals surface area contributed by atoms with Gasteiger partial charge in [0.25, 0.3) is 5.91 Å². The molecule has 2 amide bonds. The number of carbonyl (C=O) groups excluding carboxylic acids is 2. The van der Waals surface area contributed by atoms with Crippen molar-refractivity contribution in [2.75, 3.05) is 4.90 Å². The van der Waals surface area contributed by atoms with Crippen molar-refractivity contribution in [3.8, 4) is 0 Å². The molecule has 1 fully saturated rings. The molecule has 1 N–H and O–H groups in total. The summed E-state index contributed by atoms with van der Waals surface area (Å²) in [5, 5.41) is 2.65. The van der Waals surface area contributed by atoms with E-state index in [-0.39, 0.29) is 5.11 Å². The van der Waals surface area contributed by atoms with E-state index >= 15 is 0 Å². The Morgan fingerprint density at radius 3 is 2.33 bits per heavy atom. The molecule has 3 rings (SSSR count). The van der Waals surface area contributed by atoms with Gasteiger partial charge in [0.05, 0.1) is 12.2 Å². The van der Waals surface area contributed by atoms with Crippen molar-refractivity contribution in [3.63, 3.8) is 0 Å². The van der Waals surface area contributed by atoms with Gasteiger partial charge in [0.1, 0.15) is 0 Å². The first-order chi connectivity index (χ1) is 11.7. The van der Waals surface area contributed by atoms with Gasteiger partial charge in [-0.25, -0.2) is 0 Å². The first-order valence-electron chi connectivity index (χ1n) is 7.44. The summed E-state index contributed by atoms with van der Waals surface area (Å²) in [4.78, 5) is 30.3. The third-order valence-electron chi connectivity index (χ3n) is 3.59. The summed E-state index contributed by atoms with van der Waals surface area (Å²) in [5.41, 5.74) is 1.63. The highest BCUT2D eigenvalue weighted by molar-refractivity contribution is 7.80. The van der Waals surface area contributed by atoms with E-state index in [4.69, 9.17) is 12.2 Å². The van der Waals surface area contributed by atoms with Gasteiger partial charge < -0.3 is 5.32 Å². The molecule has 0 saturated carbocycles. The molecule has 0 radical (unpaired) electrons. The number of rotatable bonds is 4. The second-order valence-corrected chi connectivity index (χ2v) is 5.64. The molecule has 1 heterocycles. The molecule has 1 atom stereocenters. The Hall–Kier alpha value is -2.86. The van der Waals surface area contributed by atoms with Gasteiger partial charge in [-0.2, -0.15) is 0 Å². The van der Waals surface area contributed by atoms with Crippen molar-refractivity contribution in [1.82, 2.24) is 5.32 Å². The number of nitrogens with one attached hydrogen (secondary N) is 1. The van der Waals surface area contributed by atoms with E-state index in [9.17, 15) is 9.59 Å². The minimum absolute atomic E-state index is 0.0870. The first-order valence-corrected chi connectivity index (χ1v) is 7.85. The van der Waals surface area contributed by atoms with Gasteiger partial charge in [-0.3, -0.25) is 19.5 Å². The highest BCUT2D eigenvalue weighted by Crippen LogP contribution is 2.19. The molecule has 1 saturated heterocycles. The van der Waals surface area contributed by atoms with E-state index in [1.165, 1.54) is 11.1 Å². The quantitative estimate of drug-likeness (QED) is 0.529. The lowest BCUT2D eigenvalue weighted by Gasteiger charge is -2.30. The van der Waals surface area contributed by atoms with Crippen LogP contribution in [-0.4, -0.2) is 23.1 Å². The Kier molecular flexibility index (Phi) is 4.77. The number of para-hydroxylation sites is 1. The Labute approximate surface area is 145 Å². The molecule has 5 nitrogen and oxygen atoms in total. The van der Waals surface area contributed by atoms with Crippen LogP contribution < -0.4 is 10.2 Å². The number of nitrogens with zero attached hydrogens (tertiary/aromatic N) is 2.